The van der Waals surface area contributed by atoms with Gasteiger partial charge in [-0.2, -0.15) is 13.2 Å². The van der Waals surface area contributed by atoms with Crippen LogP contribution in [0.1, 0.15) is 21.6 Å². The van der Waals surface area contributed by atoms with E-state index >= 15 is 0 Å². The first-order valence-electron chi connectivity index (χ1n) is 5.52. The SMILES string of the molecule is O=C(O)c1cc(I)cn1Cc1ccc(C(F)(F)F)cc1. The number of carbonyl (C=O) groups is 1. The predicted octanol–water partition coefficient (Wildman–Crippen LogP) is 3.86. The van der Waals surface area contributed by atoms with E-state index in [1.165, 1.54) is 22.8 Å². The highest BCUT2D eigenvalue weighted by Gasteiger charge is 2.29. The van der Waals surface area contributed by atoms with Crippen molar-refractivity contribution >= 4 is 28.6 Å². The topological polar surface area (TPSA) is 42.2 Å². The summed E-state index contributed by atoms with van der Waals surface area (Å²) in [5.74, 6) is -1.07. The van der Waals surface area contributed by atoms with Crippen LogP contribution < -0.4 is 0 Å². The summed E-state index contributed by atoms with van der Waals surface area (Å²) >= 11 is 1.99. The van der Waals surface area contributed by atoms with Crippen molar-refractivity contribution in [1.29, 1.82) is 0 Å². The maximum Gasteiger partial charge on any atom is 0.416 e. The molecule has 2 aromatic rings. The highest BCUT2D eigenvalue weighted by Crippen LogP contribution is 2.29. The van der Waals surface area contributed by atoms with Crippen molar-refractivity contribution in [1.82, 2.24) is 4.57 Å². The van der Waals surface area contributed by atoms with Gasteiger partial charge in [-0.25, -0.2) is 4.79 Å². The van der Waals surface area contributed by atoms with Gasteiger partial charge in [-0.15, -0.1) is 0 Å². The van der Waals surface area contributed by atoms with Crippen LogP contribution in [0.3, 0.4) is 0 Å². The number of aromatic carboxylic acids is 1. The minimum atomic E-state index is -4.37. The van der Waals surface area contributed by atoms with Gasteiger partial charge in [0.2, 0.25) is 0 Å². The monoisotopic (exact) mass is 395 g/mol. The molecule has 0 aliphatic rings. The van der Waals surface area contributed by atoms with E-state index in [1.54, 1.807) is 6.20 Å². The van der Waals surface area contributed by atoms with Crippen LogP contribution in [0.2, 0.25) is 0 Å². The van der Waals surface area contributed by atoms with E-state index in [9.17, 15) is 18.0 Å². The van der Waals surface area contributed by atoms with Gasteiger partial charge in [-0.3, -0.25) is 0 Å². The summed E-state index contributed by atoms with van der Waals surface area (Å²) in [6.07, 6.45) is -2.73. The third-order valence-corrected chi connectivity index (χ3v) is 3.31. The molecule has 0 spiro atoms. The zero-order valence-electron chi connectivity index (χ0n) is 9.99. The number of hydrogen-bond acceptors (Lipinski definition) is 1. The number of hydrogen-bond donors (Lipinski definition) is 1. The standard InChI is InChI=1S/C13H9F3INO2/c14-13(15,16)9-3-1-8(2-4-9)6-18-7-10(17)5-11(18)12(19)20/h1-5,7H,6H2,(H,19,20). The summed E-state index contributed by atoms with van der Waals surface area (Å²) in [7, 11) is 0. The van der Waals surface area contributed by atoms with Gasteiger partial charge < -0.3 is 9.67 Å². The molecule has 0 radical (unpaired) electrons. The Morgan fingerprint density at radius 2 is 1.85 bits per heavy atom. The average Bonchev–Trinajstić information content (AvgIpc) is 2.70. The van der Waals surface area contributed by atoms with E-state index in [0.29, 0.717) is 5.56 Å². The minimum Gasteiger partial charge on any atom is -0.477 e. The molecule has 0 amide bonds. The lowest BCUT2D eigenvalue weighted by Crippen LogP contribution is -2.09. The van der Waals surface area contributed by atoms with Gasteiger partial charge in [0.25, 0.3) is 0 Å². The van der Waals surface area contributed by atoms with E-state index in [0.717, 1.165) is 15.7 Å². The smallest absolute Gasteiger partial charge is 0.416 e. The molecule has 0 bridgehead atoms. The first-order chi connectivity index (χ1) is 9.27. The number of aromatic nitrogens is 1. The normalized spacial score (nSPS) is 11.6. The van der Waals surface area contributed by atoms with E-state index in [-0.39, 0.29) is 12.2 Å². The summed E-state index contributed by atoms with van der Waals surface area (Å²) in [4.78, 5) is 11.0. The molecule has 0 aliphatic carbocycles. The van der Waals surface area contributed by atoms with E-state index < -0.39 is 17.7 Å². The fourth-order valence-corrected chi connectivity index (χ4v) is 2.41. The molecule has 1 heterocycles. The fraction of sp³-hybridized carbons (Fsp3) is 0.154. The Balaban J connectivity index is 2.25. The number of rotatable bonds is 3. The Morgan fingerprint density at radius 1 is 1.25 bits per heavy atom. The Kier molecular flexibility index (Phi) is 4.07. The van der Waals surface area contributed by atoms with Gasteiger partial charge in [0, 0.05) is 16.3 Å². The molecule has 20 heavy (non-hydrogen) atoms. The second-order valence-corrected chi connectivity index (χ2v) is 5.42. The number of halogens is 4. The summed E-state index contributed by atoms with van der Waals surface area (Å²) in [6.45, 7) is 0.211. The quantitative estimate of drug-likeness (QED) is 0.803. The Hall–Kier alpha value is -1.51. The predicted molar refractivity (Wildman–Crippen MR) is 74.7 cm³/mol. The maximum atomic E-state index is 12.4. The van der Waals surface area contributed by atoms with Crippen molar-refractivity contribution in [3.05, 3.63) is 56.9 Å². The Bertz CT molecular complexity index is 632. The van der Waals surface area contributed by atoms with Crippen LogP contribution in [-0.2, 0) is 12.7 Å². The van der Waals surface area contributed by atoms with Crippen LogP contribution in [0.15, 0.2) is 36.5 Å². The zero-order chi connectivity index (χ0) is 14.9. The Labute approximate surface area is 126 Å². The van der Waals surface area contributed by atoms with Crippen LogP contribution in [0, 0.1) is 3.57 Å². The second-order valence-electron chi connectivity index (χ2n) is 4.17. The average molecular weight is 395 g/mol. The first-order valence-corrected chi connectivity index (χ1v) is 6.60. The number of alkyl halides is 3. The molecule has 106 valence electrons. The molecule has 2 rings (SSSR count). The van der Waals surface area contributed by atoms with Gasteiger partial charge in [-0.05, 0) is 46.4 Å². The largest absolute Gasteiger partial charge is 0.477 e. The van der Waals surface area contributed by atoms with E-state index in [4.69, 9.17) is 5.11 Å². The van der Waals surface area contributed by atoms with E-state index in [2.05, 4.69) is 0 Å². The lowest BCUT2D eigenvalue weighted by molar-refractivity contribution is -0.137. The Morgan fingerprint density at radius 3 is 2.35 bits per heavy atom. The summed E-state index contributed by atoms with van der Waals surface area (Å²) in [5, 5.41) is 9.03. The fourth-order valence-electron chi connectivity index (χ4n) is 1.78. The lowest BCUT2D eigenvalue weighted by Gasteiger charge is -2.09. The van der Waals surface area contributed by atoms with Crippen LogP contribution in [0.25, 0.3) is 0 Å². The highest BCUT2D eigenvalue weighted by atomic mass is 127. The van der Waals surface area contributed by atoms with Crippen LogP contribution in [-0.4, -0.2) is 15.6 Å². The number of carboxylic acid groups (broad SMARTS) is 1. The van der Waals surface area contributed by atoms with Gasteiger partial charge >= 0.3 is 12.1 Å². The minimum absolute atomic E-state index is 0.106. The zero-order valence-corrected chi connectivity index (χ0v) is 12.1. The van der Waals surface area contributed by atoms with Crippen LogP contribution in [0.5, 0.6) is 0 Å². The molecule has 3 nitrogen and oxygen atoms in total. The first kappa shape index (κ1) is 14.9. The molecule has 7 heteroatoms. The second kappa shape index (κ2) is 5.47. The van der Waals surface area contributed by atoms with Crippen LogP contribution >= 0.6 is 22.6 Å². The molecular weight excluding hydrogens is 386 g/mol. The summed E-state index contributed by atoms with van der Waals surface area (Å²) in [5.41, 5.74) is -0.0106. The van der Waals surface area contributed by atoms with Crippen molar-refractivity contribution in [2.45, 2.75) is 12.7 Å². The molecule has 0 saturated carbocycles. The van der Waals surface area contributed by atoms with Gasteiger partial charge in [-0.1, -0.05) is 12.1 Å². The van der Waals surface area contributed by atoms with Crippen molar-refractivity contribution in [2.75, 3.05) is 0 Å². The molecule has 1 aromatic heterocycles. The molecular formula is C13H9F3INO2. The van der Waals surface area contributed by atoms with Gasteiger partial charge in [0.05, 0.1) is 5.56 Å². The summed E-state index contributed by atoms with van der Waals surface area (Å²) in [6, 6.07) is 6.18. The molecule has 0 unspecified atom stereocenters. The van der Waals surface area contributed by atoms with Crippen molar-refractivity contribution in [3.63, 3.8) is 0 Å². The number of benzene rings is 1. The van der Waals surface area contributed by atoms with Crippen molar-refractivity contribution in [2.24, 2.45) is 0 Å². The molecule has 1 aromatic carbocycles. The van der Waals surface area contributed by atoms with Gasteiger partial charge in [0.1, 0.15) is 5.69 Å². The van der Waals surface area contributed by atoms with E-state index in [1.807, 2.05) is 22.6 Å². The number of carboxylic acids is 1. The van der Waals surface area contributed by atoms with Gasteiger partial charge in [0.15, 0.2) is 0 Å². The maximum absolute atomic E-state index is 12.4. The van der Waals surface area contributed by atoms with Crippen molar-refractivity contribution in [3.8, 4) is 0 Å². The molecule has 0 aliphatic heterocycles. The lowest BCUT2D eigenvalue weighted by atomic mass is 10.1. The number of nitrogens with zero attached hydrogens (tertiary/aromatic N) is 1. The highest BCUT2D eigenvalue weighted by molar-refractivity contribution is 14.1. The molecule has 0 fully saturated rings. The third kappa shape index (κ3) is 3.33. The summed E-state index contributed by atoms with van der Waals surface area (Å²) < 4.78 is 39.6. The third-order valence-electron chi connectivity index (χ3n) is 2.72. The van der Waals surface area contributed by atoms with Crippen LogP contribution in [0.4, 0.5) is 13.2 Å². The molecule has 0 atom stereocenters. The molecule has 0 saturated heterocycles. The molecule has 1 N–H and O–H groups in total. The van der Waals surface area contributed by atoms with Crippen molar-refractivity contribution < 1.29 is 23.1 Å².